The summed E-state index contributed by atoms with van der Waals surface area (Å²) in [6.45, 7) is 7.73. The largest absolute Gasteiger partial charge is 0.333 e. The Bertz CT molecular complexity index is 1670. The molecule has 0 aliphatic rings. The highest BCUT2D eigenvalue weighted by molar-refractivity contribution is 5.92. The third kappa shape index (κ3) is 4.53. The summed E-state index contributed by atoms with van der Waals surface area (Å²) in [7, 11) is 0. The van der Waals surface area contributed by atoms with E-state index in [0.717, 1.165) is 33.6 Å². The van der Waals surface area contributed by atoms with Crippen LogP contribution in [0, 0.1) is 27.7 Å². The minimum absolute atomic E-state index is 0.0491. The normalized spacial score (nSPS) is 11.1. The van der Waals surface area contributed by atoms with Gasteiger partial charge in [0.1, 0.15) is 17.8 Å². The van der Waals surface area contributed by atoms with Gasteiger partial charge < -0.3 is 14.4 Å². The van der Waals surface area contributed by atoms with Crippen LogP contribution < -0.4 is 10.7 Å². The molecule has 8 nitrogen and oxygen atoms in total. The van der Waals surface area contributed by atoms with Crippen molar-refractivity contribution >= 4 is 22.6 Å². The maximum atomic E-state index is 13.4. The van der Waals surface area contributed by atoms with E-state index < -0.39 is 0 Å². The first-order chi connectivity index (χ1) is 17.3. The van der Waals surface area contributed by atoms with Gasteiger partial charge in [0.2, 0.25) is 17.2 Å². The van der Waals surface area contributed by atoms with Gasteiger partial charge in [-0.05, 0) is 51.5 Å². The van der Waals surface area contributed by atoms with Gasteiger partial charge in [-0.15, -0.1) is 0 Å². The predicted molar refractivity (Wildman–Crippen MR) is 139 cm³/mol. The third-order valence-corrected chi connectivity index (χ3v) is 6.00. The lowest BCUT2D eigenvalue weighted by Gasteiger charge is -2.13. The highest BCUT2D eigenvalue weighted by atomic mass is 16.5. The summed E-state index contributed by atoms with van der Waals surface area (Å²) in [5.41, 5.74) is 5.78. The van der Waals surface area contributed by atoms with Crippen LogP contribution in [0.3, 0.4) is 0 Å². The minimum atomic E-state index is -0.289. The highest BCUT2D eigenvalue weighted by Crippen LogP contribution is 2.23. The van der Waals surface area contributed by atoms with E-state index >= 15 is 0 Å². The number of carbonyl (C=O) groups is 1. The Morgan fingerprint density at radius 3 is 2.44 bits per heavy atom. The highest BCUT2D eigenvalue weighted by Gasteiger charge is 2.19. The van der Waals surface area contributed by atoms with Gasteiger partial charge in [-0.1, -0.05) is 52.7 Å². The van der Waals surface area contributed by atoms with Crippen molar-refractivity contribution in [3.8, 4) is 22.8 Å². The van der Waals surface area contributed by atoms with Gasteiger partial charge in [-0.25, -0.2) is 4.98 Å². The van der Waals surface area contributed by atoms with E-state index in [4.69, 9.17) is 4.52 Å². The molecule has 0 aliphatic heterocycles. The molecule has 8 heteroatoms. The van der Waals surface area contributed by atoms with Gasteiger partial charge in [-0.3, -0.25) is 9.59 Å². The summed E-state index contributed by atoms with van der Waals surface area (Å²) in [5, 5.41) is 7.38. The predicted octanol–water partition coefficient (Wildman–Crippen LogP) is 4.99. The molecule has 1 N–H and O–H groups in total. The number of rotatable bonds is 5. The van der Waals surface area contributed by atoms with Crippen molar-refractivity contribution in [2.45, 2.75) is 34.2 Å². The van der Waals surface area contributed by atoms with Crippen LogP contribution >= 0.6 is 0 Å². The van der Waals surface area contributed by atoms with Crippen LogP contribution in [0.25, 0.3) is 33.9 Å². The van der Waals surface area contributed by atoms with Gasteiger partial charge in [-0.2, -0.15) is 4.98 Å². The summed E-state index contributed by atoms with van der Waals surface area (Å²) in [4.78, 5) is 35.4. The Morgan fingerprint density at radius 1 is 0.944 bits per heavy atom. The molecule has 0 radical (unpaired) electrons. The minimum Gasteiger partial charge on any atom is -0.333 e. The molecule has 3 aromatic heterocycles. The van der Waals surface area contributed by atoms with Crippen molar-refractivity contribution < 1.29 is 9.32 Å². The van der Waals surface area contributed by atoms with Gasteiger partial charge in [0, 0.05) is 23.1 Å². The summed E-state index contributed by atoms with van der Waals surface area (Å²) < 4.78 is 7.12. The topological polar surface area (TPSA) is 103 Å². The zero-order chi connectivity index (χ0) is 25.4. The zero-order valence-electron chi connectivity index (χ0n) is 20.5. The number of aromatic nitrogens is 4. The van der Waals surface area contributed by atoms with Crippen molar-refractivity contribution in [2.75, 3.05) is 5.32 Å². The van der Waals surface area contributed by atoms with Crippen molar-refractivity contribution in [2.24, 2.45) is 0 Å². The summed E-state index contributed by atoms with van der Waals surface area (Å²) in [6.07, 6.45) is 1.56. The van der Waals surface area contributed by atoms with E-state index in [9.17, 15) is 9.59 Å². The Balaban J connectivity index is 1.54. The maximum absolute atomic E-state index is 13.4. The third-order valence-electron chi connectivity index (χ3n) is 6.00. The monoisotopic (exact) mass is 479 g/mol. The molecular weight excluding hydrogens is 454 g/mol. The van der Waals surface area contributed by atoms with Crippen molar-refractivity contribution in [1.82, 2.24) is 19.7 Å². The standard InChI is InChI=1S/C28H25N5O3/c1-16-5-9-20(10-6-16)26-31-28(36-32-26)22-14-33(27-21(25(22)35)11-8-19(4)29-27)15-24(34)30-23-12-7-17(2)13-18(23)3/h5-14H,15H2,1-4H3,(H,30,34). The van der Waals surface area contributed by atoms with Crippen molar-refractivity contribution in [3.05, 3.63) is 93.4 Å². The molecule has 5 aromatic rings. The lowest BCUT2D eigenvalue weighted by atomic mass is 10.1. The number of pyridine rings is 2. The van der Waals surface area contributed by atoms with E-state index in [-0.39, 0.29) is 29.3 Å². The lowest BCUT2D eigenvalue weighted by Crippen LogP contribution is -2.22. The fourth-order valence-electron chi connectivity index (χ4n) is 4.08. The van der Waals surface area contributed by atoms with Crippen molar-refractivity contribution in [1.29, 1.82) is 0 Å². The fraction of sp³-hybridized carbons (Fsp3) is 0.179. The molecule has 0 fully saturated rings. The number of hydrogen-bond donors (Lipinski definition) is 1. The fourth-order valence-corrected chi connectivity index (χ4v) is 4.08. The number of hydrogen-bond acceptors (Lipinski definition) is 6. The molecule has 36 heavy (non-hydrogen) atoms. The number of carbonyl (C=O) groups excluding carboxylic acids is 1. The van der Waals surface area contributed by atoms with E-state index in [2.05, 4.69) is 20.4 Å². The lowest BCUT2D eigenvalue weighted by molar-refractivity contribution is -0.116. The first-order valence-corrected chi connectivity index (χ1v) is 11.6. The van der Waals surface area contributed by atoms with Crippen molar-refractivity contribution in [3.63, 3.8) is 0 Å². The molecule has 2 aromatic carbocycles. The number of nitrogens with zero attached hydrogens (tertiary/aromatic N) is 4. The molecule has 0 saturated carbocycles. The quantitative estimate of drug-likeness (QED) is 0.381. The van der Waals surface area contributed by atoms with Crippen LogP contribution in [-0.4, -0.2) is 25.6 Å². The molecule has 3 heterocycles. The molecule has 0 bridgehead atoms. The molecular formula is C28H25N5O3. The average Bonchev–Trinajstić information content (AvgIpc) is 3.33. The van der Waals surface area contributed by atoms with Crippen LogP contribution in [0.2, 0.25) is 0 Å². The van der Waals surface area contributed by atoms with E-state index in [1.165, 1.54) is 0 Å². The van der Waals surface area contributed by atoms with Crippen LogP contribution in [0.4, 0.5) is 5.69 Å². The number of anilines is 1. The molecule has 0 aliphatic carbocycles. The smallest absolute Gasteiger partial charge is 0.263 e. The number of fused-ring (bicyclic) bond motifs is 1. The second-order valence-electron chi connectivity index (χ2n) is 8.98. The molecule has 5 rings (SSSR count). The number of amides is 1. The SMILES string of the molecule is Cc1ccc(-c2noc(-c3cn(CC(=O)Nc4ccc(C)cc4C)c4nc(C)ccc4c3=O)n2)cc1. The second kappa shape index (κ2) is 9.22. The molecule has 0 saturated heterocycles. The Labute approximate surface area is 207 Å². The number of nitrogens with one attached hydrogen (secondary N) is 1. The van der Waals surface area contributed by atoms with Gasteiger partial charge in [0.25, 0.3) is 5.89 Å². The van der Waals surface area contributed by atoms with Crippen LogP contribution in [0.1, 0.15) is 22.4 Å². The summed E-state index contributed by atoms with van der Waals surface area (Å²) >= 11 is 0. The Morgan fingerprint density at radius 2 is 1.69 bits per heavy atom. The first kappa shape index (κ1) is 23.2. The van der Waals surface area contributed by atoms with E-state index in [1.807, 2.05) is 70.2 Å². The summed E-state index contributed by atoms with van der Waals surface area (Å²) in [5.74, 6) is 0.222. The Hall–Kier alpha value is -4.59. The van der Waals surface area contributed by atoms with Crippen LogP contribution in [0.15, 0.2) is 70.1 Å². The summed E-state index contributed by atoms with van der Waals surface area (Å²) in [6, 6.07) is 17.0. The van der Waals surface area contributed by atoms with Gasteiger partial charge in [0.05, 0.1) is 5.39 Å². The molecule has 0 atom stereocenters. The van der Waals surface area contributed by atoms with Gasteiger partial charge in [0.15, 0.2) is 0 Å². The second-order valence-corrected chi connectivity index (χ2v) is 8.98. The molecule has 1 amide bonds. The maximum Gasteiger partial charge on any atom is 0.263 e. The first-order valence-electron chi connectivity index (χ1n) is 11.6. The number of benzene rings is 2. The molecule has 0 unspecified atom stereocenters. The Kier molecular flexibility index (Phi) is 5.93. The molecule has 180 valence electrons. The van der Waals surface area contributed by atoms with E-state index in [0.29, 0.717) is 16.9 Å². The van der Waals surface area contributed by atoms with Crippen LogP contribution in [0.5, 0.6) is 0 Å². The molecule has 0 spiro atoms. The zero-order valence-corrected chi connectivity index (χ0v) is 20.5. The van der Waals surface area contributed by atoms with E-state index in [1.54, 1.807) is 22.9 Å². The number of aryl methyl sites for hydroxylation is 4. The van der Waals surface area contributed by atoms with Gasteiger partial charge >= 0.3 is 0 Å². The van der Waals surface area contributed by atoms with Crippen LogP contribution in [-0.2, 0) is 11.3 Å². The average molecular weight is 480 g/mol.